The van der Waals surface area contributed by atoms with Crippen molar-refractivity contribution in [2.24, 2.45) is 0 Å². The van der Waals surface area contributed by atoms with Crippen LogP contribution in [0.3, 0.4) is 0 Å². The molecule has 2 rings (SSSR count). The summed E-state index contributed by atoms with van der Waals surface area (Å²) < 4.78 is 0. The fourth-order valence-corrected chi connectivity index (χ4v) is 1.06. The Hall–Kier alpha value is -1.52. The van der Waals surface area contributed by atoms with Crippen LogP contribution in [0.5, 0.6) is 5.75 Å². The first-order valence-corrected chi connectivity index (χ1v) is 7.00. The molecule has 2 aromatic rings. The van der Waals surface area contributed by atoms with Gasteiger partial charge in [-0.05, 0) is 5.56 Å². The Kier molecular flexibility index (Phi) is 21.3. The van der Waals surface area contributed by atoms with Crippen LogP contribution < -0.4 is 0 Å². The number of hydrogen-bond acceptors (Lipinski definition) is 3. The molecule has 0 fully saturated rings. The van der Waals surface area contributed by atoms with E-state index in [0.29, 0.717) is 11.1 Å². The maximum absolute atomic E-state index is 10.2. The van der Waals surface area contributed by atoms with Gasteiger partial charge < -0.3 is 15.0 Å². The summed E-state index contributed by atoms with van der Waals surface area (Å²) in [5.41, 5.74) is 0.751. The van der Waals surface area contributed by atoms with Gasteiger partial charge >= 0.3 is 5.97 Å². The van der Waals surface area contributed by atoms with Crippen molar-refractivity contribution in [2.75, 3.05) is 0 Å². The van der Waals surface area contributed by atoms with E-state index >= 15 is 0 Å². The largest absolute Gasteiger partial charge is 0.510 e. The summed E-state index contributed by atoms with van der Waals surface area (Å²) in [7, 11) is 0. The summed E-state index contributed by atoms with van der Waals surface area (Å²) >= 11 is 0. The van der Waals surface area contributed by atoms with Crippen LogP contribution in [0.25, 0.3) is 0 Å². The third-order valence-corrected chi connectivity index (χ3v) is 1.95. The molecule has 0 aliphatic carbocycles. The van der Waals surface area contributed by atoms with Gasteiger partial charge in [0.25, 0.3) is 0 Å². The summed E-state index contributed by atoms with van der Waals surface area (Å²) in [6.45, 7) is 8.00. The Labute approximate surface area is 163 Å². The molecule has 0 unspecified atom stereocenters. The van der Waals surface area contributed by atoms with Gasteiger partial charge in [0, 0.05) is 32.7 Å². The zero-order valence-electron chi connectivity index (χ0n) is 13.9. The van der Waals surface area contributed by atoms with E-state index in [9.17, 15) is 9.59 Å². The molecule has 2 aromatic carbocycles. The second-order valence-electron chi connectivity index (χ2n) is 3.24. The van der Waals surface area contributed by atoms with Crippen LogP contribution in [-0.4, -0.2) is 22.5 Å². The Bertz CT molecular complexity index is 510. The van der Waals surface area contributed by atoms with Gasteiger partial charge in [-0.2, -0.15) is 48.0 Å². The zero-order valence-corrected chi connectivity index (χ0v) is 16.7. The topological polar surface area (TPSA) is 74.6 Å². The predicted octanol–water partition coefficient (Wildman–Crippen LogP) is 4.08. The molecular formula is C18H22O4Y-2. The van der Waals surface area contributed by atoms with Crippen LogP contribution in [0.4, 0.5) is 0 Å². The van der Waals surface area contributed by atoms with Crippen LogP contribution in [0.15, 0.2) is 48.5 Å². The molecular weight excluding hydrogens is 369 g/mol. The molecule has 0 spiro atoms. The maximum Gasteiger partial charge on any atom is 0.311 e. The zero-order chi connectivity index (χ0) is 17.4. The first kappa shape index (κ1) is 26.4. The molecule has 23 heavy (non-hydrogen) atoms. The number of rotatable bonds is 2. The van der Waals surface area contributed by atoms with Gasteiger partial charge in [-0.1, -0.05) is 39.8 Å². The average Bonchev–Trinajstić information content (AvgIpc) is 2.60. The first-order valence-electron chi connectivity index (χ1n) is 7.00. The SMILES string of the molecule is CC.CC.O=C(O)c1cc[c-]cc1.O=[C-]c1ccc(O)cc1.[Y]. The fraction of sp³-hybridized carbons (Fsp3) is 0.222. The summed E-state index contributed by atoms with van der Waals surface area (Å²) in [5, 5.41) is 17.1. The Morgan fingerprint density at radius 2 is 1.39 bits per heavy atom. The quantitative estimate of drug-likeness (QED) is 0.757. The number of carboxylic acids is 1. The van der Waals surface area contributed by atoms with E-state index in [4.69, 9.17) is 10.2 Å². The number of carbonyl (C=O) groups is 1. The van der Waals surface area contributed by atoms with Crippen molar-refractivity contribution in [3.63, 3.8) is 0 Å². The molecule has 0 saturated carbocycles. The number of benzene rings is 2. The third-order valence-electron chi connectivity index (χ3n) is 1.95. The van der Waals surface area contributed by atoms with E-state index in [2.05, 4.69) is 6.07 Å². The number of carbonyl (C=O) groups excluding carboxylic acids is 1. The van der Waals surface area contributed by atoms with Crippen LogP contribution in [0.2, 0.25) is 0 Å². The molecule has 0 aliphatic heterocycles. The molecule has 1 radical (unpaired) electrons. The Morgan fingerprint density at radius 3 is 1.70 bits per heavy atom. The van der Waals surface area contributed by atoms with E-state index in [0.717, 1.165) is 0 Å². The summed E-state index contributed by atoms with van der Waals surface area (Å²) in [6.07, 6.45) is 1.69. The van der Waals surface area contributed by atoms with Crippen LogP contribution in [-0.2, 0) is 37.5 Å². The molecule has 0 aliphatic rings. The van der Waals surface area contributed by atoms with Gasteiger partial charge in [0.1, 0.15) is 0 Å². The van der Waals surface area contributed by atoms with E-state index in [1.54, 1.807) is 18.4 Å². The molecule has 0 amide bonds. The van der Waals surface area contributed by atoms with Crippen molar-refractivity contribution in [2.45, 2.75) is 27.7 Å². The second-order valence-corrected chi connectivity index (χ2v) is 3.24. The van der Waals surface area contributed by atoms with E-state index < -0.39 is 5.97 Å². The van der Waals surface area contributed by atoms with Crippen molar-refractivity contribution in [3.8, 4) is 5.75 Å². The minimum Gasteiger partial charge on any atom is -0.510 e. The molecule has 5 heteroatoms. The smallest absolute Gasteiger partial charge is 0.311 e. The van der Waals surface area contributed by atoms with Crippen molar-refractivity contribution >= 4 is 12.3 Å². The second kappa shape index (κ2) is 18.5. The van der Waals surface area contributed by atoms with Gasteiger partial charge in [0.05, 0.1) is 12.0 Å². The molecule has 123 valence electrons. The van der Waals surface area contributed by atoms with Crippen molar-refractivity contribution in [3.05, 3.63) is 65.7 Å². The summed E-state index contributed by atoms with van der Waals surface area (Å²) in [4.78, 5) is 20.1. The molecule has 0 bridgehead atoms. The number of carboxylic acid groups (broad SMARTS) is 1. The summed E-state index contributed by atoms with van der Waals surface area (Å²) in [5.74, 6) is -0.738. The first-order chi connectivity index (χ1) is 10.6. The van der Waals surface area contributed by atoms with Gasteiger partial charge in [-0.25, -0.2) is 4.79 Å². The standard InChI is InChI=1S/2C7H5O2.2C2H6.Y/c8-5-6-1-3-7(9)4-2-6;8-7(9)6-4-2-1-3-5-6;2*1-2;/h1-4,9H;2-5H,(H,8,9);2*1-2H3;/q2*-1;;;. The Morgan fingerprint density at radius 1 is 0.957 bits per heavy atom. The third kappa shape index (κ3) is 13.8. The van der Waals surface area contributed by atoms with Crippen molar-refractivity contribution in [1.82, 2.24) is 0 Å². The minimum atomic E-state index is -0.899. The molecule has 0 atom stereocenters. The number of aromatic carboxylic acids is 1. The predicted molar refractivity (Wildman–Crippen MR) is 87.8 cm³/mol. The molecule has 4 nitrogen and oxygen atoms in total. The molecule has 2 N–H and O–H groups in total. The molecule has 0 saturated heterocycles. The number of phenols is 1. The van der Waals surface area contributed by atoms with E-state index in [-0.39, 0.29) is 38.5 Å². The molecule has 0 heterocycles. The number of aromatic hydroxyl groups is 1. The normalized spacial score (nSPS) is 7.48. The van der Waals surface area contributed by atoms with Gasteiger partial charge in [0.15, 0.2) is 0 Å². The van der Waals surface area contributed by atoms with Crippen LogP contribution >= 0.6 is 0 Å². The van der Waals surface area contributed by atoms with E-state index in [1.165, 1.54) is 36.4 Å². The van der Waals surface area contributed by atoms with Gasteiger partial charge in [-0.15, -0.1) is 0 Å². The fourth-order valence-electron chi connectivity index (χ4n) is 1.06. The monoisotopic (exact) mass is 391 g/mol. The average molecular weight is 391 g/mol. The maximum atomic E-state index is 10.2. The van der Waals surface area contributed by atoms with Gasteiger partial charge in [0.2, 0.25) is 0 Å². The minimum absolute atomic E-state index is 0. The van der Waals surface area contributed by atoms with Gasteiger partial charge in [-0.3, -0.25) is 0 Å². The van der Waals surface area contributed by atoms with Crippen molar-refractivity contribution in [1.29, 1.82) is 0 Å². The molecule has 0 aromatic heterocycles. The number of phenolic OH excluding ortho intramolecular Hbond substituents is 1. The van der Waals surface area contributed by atoms with Crippen LogP contribution in [0, 0.1) is 6.07 Å². The van der Waals surface area contributed by atoms with Crippen LogP contribution in [0.1, 0.15) is 43.6 Å². The number of hydrogen-bond donors (Lipinski definition) is 2. The van der Waals surface area contributed by atoms with Crippen molar-refractivity contribution < 1.29 is 52.5 Å². The Balaban J connectivity index is -0.000000276. The van der Waals surface area contributed by atoms with E-state index in [1.807, 2.05) is 27.7 Å². The summed E-state index contributed by atoms with van der Waals surface area (Å²) in [6, 6.07) is 14.8.